The number of aliphatic hydroxyl groups is 2. The lowest BCUT2D eigenvalue weighted by Gasteiger charge is -2.43. The van der Waals surface area contributed by atoms with Crippen LogP contribution in [0.2, 0.25) is 21.6 Å². The van der Waals surface area contributed by atoms with Gasteiger partial charge >= 0.3 is 0 Å². The predicted octanol–water partition coefficient (Wildman–Crippen LogP) is 7.92. The Kier molecular flexibility index (Phi) is 9.61. The fourth-order valence-corrected chi connectivity index (χ4v) is 12.2. The zero-order valence-corrected chi connectivity index (χ0v) is 26.1. The molecule has 0 aliphatic carbocycles. The van der Waals surface area contributed by atoms with E-state index in [-0.39, 0.29) is 6.04 Å². The second kappa shape index (κ2) is 11.8. The molecule has 2 atom stereocenters. The van der Waals surface area contributed by atoms with Crippen molar-refractivity contribution >= 4 is 19.9 Å². The summed E-state index contributed by atoms with van der Waals surface area (Å²) in [5, 5.41) is 23.3. The van der Waals surface area contributed by atoms with Crippen LogP contribution in [0.3, 0.4) is 0 Å². The van der Waals surface area contributed by atoms with Crippen molar-refractivity contribution in [1.82, 2.24) is 4.90 Å². The SMILES string of the molecule is Cc1cc(C(O)C(C)N2CCC(O)(c3ccc(Cl)cc3)CC2)cc(C)c1O[Si](C(C)C)(C(C)C)C(C)C. The Labute approximate surface area is 231 Å². The molecule has 1 fully saturated rings. The van der Waals surface area contributed by atoms with Gasteiger partial charge < -0.3 is 14.6 Å². The molecule has 1 aliphatic heterocycles. The minimum absolute atomic E-state index is 0.0595. The van der Waals surface area contributed by atoms with E-state index in [2.05, 4.69) is 79.3 Å². The van der Waals surface area contributed by atoms with Gasteiger partial charge in [0.15, 0.2) is 0 Å². The van der Waals surface area contributed by atoms with Crippen LogP contribution < -0.4 is 4.43 Å². The van der Waals surface area contributed by atoms with Gasteiger partial charge in [-0.1, -0.05) is 65.3 Å². The van der Waals surface area contributed by atoms with Crippen LogP contribution in [-0.2, 0) is 5.60 Å². The van der Waals surface area contributed by atoms with Gasteiger partial charge in [0.05, 0.1) is 11.7 Å². The summed E-state index contributed by atoms with van der Waals surface area (Å²) in [5.74, 6) is 0.998. The van der Waals surface area contributed by atoms with Gasteiger partial charge in [-0.2, -0.15) is 0 Å². The number of likely N-dealkylation sites (tertiary alicyclic amines) is 1. The molecule has 1 aliphatic rings. The molecule has 206 valence electrons. The van der Waals surface area contributed by atoms with Crippen LogP contribution in [0.25, 0.3) is 0 Å². The van der Waals surface area contributed by atoms with Gasteiger partial charge in [0.1, 0.15) is 5.75 Å². The maximum atomic E-state index is 11.4. The number of rotatable bonds is 9. The van der Waals surface area contributed by atoms with Crippen molar-refractivity contribution in [2.75, 3.05) is 13.1 Å². The van der Waals surface area contributed by atoms with E-state index in [1.165, 1.54) is 0 Å². The van der Waals surface area contributed by atoms with Crippen LogP contribution in [0.15, 0.2) is 36.4 Å². The molecule has 0 bridgehead atoms. The summed E-state index contributed by atoms with van der Waals surface area (Å²) in [6.45, 7) is 21.6. The minimum Gasteiger partial charge on any atom is -0.542 e. The van der Waals surface area contributed by atoms with Gasteiger partial charge in [-0.05, 0) is 96.8 Å². The topological polar surface area (TPSA) is 52.9 Å². The zero-order valence-electron chi connectivity index (χ0n) is 24.3. The lowest BCUT2D eigenvalue weighted by molar-refractivity contribution is -0.0501. The fraction of sp³-hybridized carbons (Fsp3) is 0.613. The van der Waals surface area contributed by atoms with Crippen molar-refractivity contribution in [3.8, 4) is 5.75 Å². The molecule has 0 aromatic heterocycles. The summed E-state index contributed by atoms with van der Waals surface area (Å²) in [7, 11) is -2.07. The van der Waals surface area contributed by atoms with Crippen LogP contribution in [-0.4, -0.2) is 42.6 Å². The molecular formula is C31H48ClNO3Si. The van der Waals surface area contributed by atoms with Gasteiger partial charge in [0, 0.05) is 24.2 Å². The number of hydrogen-bond acceptors (Lipinski definition) is 4. The number of hydrogen-bond donors (Lipinski definition) is 2. The van der Waals surface area contributed by atoms with Crippen molar-refractivity contribution in [1.29, 1.82) is 0 Å². The van der Waals surface area contributed by atoms with Gasteiger partial charge in [-0.3, -0.25) is 4.90 Å². The molecular weight excluding hydrogens is 498 g/mol. The molecule has 0 saturated carbocycles. The average molecular weight is 546 g/mol. The highest BCUT2D eigenvalue weighted by Crippen LogP contribution is 2.45. The number of piperidine rings is 1. The zero-order chi connectivity index (χ0) is 27.7. The highest BCUT2D eigenvalue weighted by atomic mass is 35.5. The smallest absolute Gasteiger partial charge is 0.258 e. The molecule has 2 N–H and O–H groups in total. The third kappa shape index (κ3) is 6.12. The molecule has 4 nitrogen and oxygen atoms in total. The molecule has 0 amide bonds. The first-order chi connectivity index (χ1) is 17.2. The molecule has 3 rings (SSSR count). The van der Waals surface area contributed by atoms with Crippen molar-refractivity contribution in [3.63, 3.8) is 0 Å². The highest BCUT2D eigenvalue weighted by molar-refractivity contribution is 6.78. The maximum Gasteiger partial charge on any atom is 0.258 e. The van der Waals surface area contributed by atoms with E-state index in [9.17, 15) is 10.2 Å². The lowest BCUT2D eigenvalue weighted by Crippen LogP contribution is -2.51. The predicted molar refractivity (Wildman–Crippen MR) is 158 cm³/mol. The largest absolute Gasteiger partial charge is 0.542 e. The van der Waals surface area contributed by atoms with Crippen molar-refractivity contribution < 1.29 is 14.6 Å². The van der Waals surface area contributed by atoms with E-state index in [0.717, 1.165) is 41.1 Å². The number of benzene rings is 2. The highest BCUT2D eigenvalue weighted by Gasteiger charge is 2.47. The minimum atomic E-state index is -2.07. The standard InChI is InChI=1S/C31H48ClNO3Si/c1-20(2)37(21(3)4,22(5)6)36-30-23(7)18-26(19-24(30)8)29(34)25(9)33-16-14-31(35,15-17-33)27-10-12-28(32)13-11-27/h10-13,18-22,25,29,34-35H,14-17H2,1-9H3. The first-order valence-corrected chi connectivity index (χ1v) is 16.5. The van der Waals surface area contributed by atoms with Crippen molar-refractivity contribution in [3.05, 3.63) is 63.7 Å². The number of nitrogens with zero attached hydrogens (tertiary/aromatic N) is 1. The Morgan fingerprint density at radius 2 is 1.32 bits per heavy atom. The molecule has 0 spiro atoms. The molecule has 37 heavy (non-hydrogen) atoms. The molecule has 6 heteroatoms. The van der Waals surface area contributed by atoms with E-state index in [1.807, 2.05) is 24.3 Å². The van der Waals surface area contributed by atoms with Crippen molar-refractivity contribution in [2.24, 2.45) is 0 Å². The summed E-state index contributed by atoms with van der Waals surface area (Å²) < 4.78 is 7.04. The Morgan fingerprint density at radius 1 is 0.865 bits per heavy atom. The molecule has 1 heterocycles. The second-order valence-corrected chi connectivity index (χ2v) is 18.0. The van der Waals surface area contributed by atoms with E-state index in [4.69, 9.17) is 16.0 Å². The lowest BCUT2D eigenvalue weighted by atomic mass is 9.83. The number of aliphatic hydroxyl groups excluding tert-OH is 1. The number of halogens is 1. The van der Waals surface area contributed by atoms with E-state index in [1.54, 1.807) is 0 Å². The maximum absolute atomic E-state index is 11.4. The monoisotopic (exact) mass is 545 g/mol. The van der Waals surface area contributed by atoms with E-state index >= 15 is 0 Å². The van der Waals surface area contributed by atoms with Crippen LogP contribution >= 0.6 is 11.6 Å². The Bertz CT molecular complexity index is 1000. The third-order valence-corrected chi connectivity index (χ3v) is 15.1. The molecule has 2 aromatic rings. The third-order valence-electron chi connectivity index (χ3n) is 8.85. The summed E-state index contributed by atoms with van der Waals surface area (Å²) in [5.41, 5.74) is 4.69. The second-order valence-electron chi connectivity index (χ2n) is 12.2. The van der Waals surface area contributed by atoms with Crippen LogP contribution in [0.5, 0.6) is 5.75 Å². The first-order valence-electron chi connectivity index (χ1n) is 13.9. The Balaban J connectivity index is 1.76. The van der Waals surface area contributed by atoms with Gasteiger partial charge in [0.25, 0.3) is 8.32 Å². The summed E-state index contributed by atoms with van der Waals surface area (Å²) in [6, 6.07) is 11.7. The summed E-state index contributed by atoms with van der Waals surface area (Å²) in [4.78, 5) is 2.29. The molecule has 2 unspecified atom stereocenters. The average Bonchev–Trinajstić information content (AvgIpc) is 2.82. The normalized spacial score (nSPS) is 18.5. The molecule has 0 radical (unpaired) electrons. The quantitative estimate of drug-likeness (QED) is 0.314. The van der Waals surface area contributed by atoms with E-state index < -0.39 is 20.0 Å². The fourth-order valence-electron chi connectivity index (χ4n) is 6.67. The van der Waals surface area contributed by atoms with Crippen LogP contribution in [0.1, 0.15) is 89.7 Å². The van der Waals surface area contributed by atoms with E-state index in [0.29, 0.717) is 34.5 Å². The molecule has 2 aromatic carbocycles. The summed E-state index contributed by atoms with van der Waals surface area (Å²) >= 11 is 6.03. The first kappa shape index (κ1) is 30.2. The Hall–Kier alpha value is -1.37. The van der Waals surface area contributed by atoms with Crippen LogP contribution in [0.4, 0.5) is 0 Å². The van der Waals surface area contributed by atoms with Gasteiger partial charge in [0.2, 0.25) is 0 Å². The Morgan fingerprint density at radius 3 is 1.76 bits per heavy atom. The molecule has 1 saturated heterocycles. The van der Waals surface area contributed by atoms with Gasteiger partial charge in [-0.25, -0.2) is 0 Å². The summed E-state index contributed by atoms with van der Waals surface area (Å²) in [6.07, 6.45) is 0.640. The van der Waals surface area contributed by atoms with Gasteiger partial charge in [-0.15, -0.1) is 0 Å². The number of aryl methyl sites for hydroxylation is 2. The van der Waals surface area contributed by atoms with Crippen LogP contribution in [0, 0.1) is 13.8 Å². The van der Waals surface area contributed by atoms with Crippen molar-refractivity contribution in [2.45, 2.75) is 110 Å².